The van der Waals surface area contributed by atoms with Gasteiger partial charge in [-0.2, -0.15) is 0 Å². The Balaban J connectivity index is 1.82. The Morgan fingerprint density at radius 3 is 2.17 bits per heavy atom. The highest BCUT2D eigenvalue weighted by Crippen LogP contribution is 2.35. The fourth-order valence-electron chi connectivity index (χ4n) is 5.10. The summed E-state index contributed by atoms with van der Waals surface area (Å²) in [5.41, 5.74) is 3.60. The summed E-state index contributed by atoms with van der Waals surface area (Å²) in [4.78, 5) is 29.9. The summed E-state index contributed by atoms with van der Waals surface area (Å²) < 4.78 is 29.4. The number of rotatable bonds is 14. The number of sulfonamides is 1. The first-order valence-corrected chi connectivity index (χ1v) is 17.4. The molecule has 4 aromatic rings. The molecule has 7 nitrogen and oxygen atoms in total. The van der Waals surface area contributed by atoms with Gasteiger partial charge in [-0.15, -0.1) is 0 Å². The second-order valence-electron chi connectivity index (χ2n) is 11.3. The molecule has 1 atom stereocenters. The van der Waals surface area contributed by atoms with Gasteiger partial charge < -0.3 is 10.2 Å². The Morgan fingerprint density at radius 2 is 1.50 bits per heavy atom. The molecule has 0 unspecified atom stereocenters. The van der Waals surface area contributed by atoms with Crippen molar-refractivity contribution in [1.29, 1.82) is 0 Å². The fourth-order valence-corrected chi connectivity index (χ4v) is 6.98. The van der Waals surface area contributed by atoms with Crippen molar-refractivity contribution in [3.05, 3.63) is 129 Å². The molecule has 0 spiro atoms. The zero-order valence-corrected chi connectivity index (χ0v) is 28.6. The Labute approximate surface area is 282 Å². The number of anilines is 1. The van der Waals surface area contributed by atoms with E-state index in [0.717, 1.165) is 39.4 Å². The van der Waals surface area contributed by atoms with Crippen molar-refractivity contribution in [2.45, 2.75) is 57.5 Å². The number of unbranched alkanes of at least 4 members (excludes halogenated alkanes) is 1. The van der Waals surface area contributed by atoms with Crippen molar-refractivity contribution in [1.82, 2.24) is 10.2 Å². The third kappa shape index (κ3) is 8.90. The van der Waals surface area contributed by atoms with Gasteiger partial charge >= 0.3 is 0 Å². The Hall–Kier alpha value is -3.85. The molecule has 0 aliphatic carbocycles. The van der Waals surface area contributed by atoms with Gasteiger partial charge in [0, 0.05) is 19.5 Å². The molecule has 4 rings (SSSR count). The van der Waals surface area contributed by atoms with Crippen molar-refractivity contribution in [2.75, 3.05) is 17.4 Å². The van der Waals surface area contributed by atoms with Gasteiger partial charge in [-0.05, 0) is 55.7 Å². The number of nitrogens with zero attached hydrogens (tertiary/aromatic N) is 2. The second-order valence-corrected chi connectivity index (χ2v) is 13.9. The van der Waals surface area contributed by atoms with Gasteiger partial charge in [0.15, 0.2) is 0 Å². The van der Waals surface area contributed by atoms with E-state index in [0.29, 0.717) is 6.54 Å². The van der Waals surface area contributed by atoms with Crippen molar-refractivity contribution in [3.63, 3.8) is 0 Å². The van der Waals surface area contributed by atoms with E-state index < -0.39 is 28.5 Å². The molecule has 46 heavy (non-hydrogen) atoms. The molecular weight excluding hydrogens is 641 g/mol. The third-order valence-electron chi connectivity index (χ3n) is 7.62. The Kier molecular flexibility index (Phi) is 12.3. The van der Waals surface area contributed by atoms with E-state index in [9.17, 15) is 18.0 Å². The minimum Gasteiger partial charge on any atom is -0.354 e. The first-order valence-electron chi connectivity index (χ1n) is 15.2. The number of benzene rings is 4. The molecule has 4 aromatic carbocycles. The number of aryl methyl sites for hydroxylation is 2. The lowest BCUT2D eigenvalue weighted by molar-refractivity contribution is -0.140. The summed E-state index contributed by atoms with van der Waals surface area (Å²) in [6, 6.07) is 27.2. The molecule has 0 saturated carbocycles. The van der Waals surface area contributed by atoms with Gasteiger partial charge in [-0.3, -0.25) is 13.9 Å². The maximum Gasteiger partial charge on any atom is 0.264 e. The Bertz CT molecular complexity index is 1750. The molecule has 0 heterocycles. The zero-order valence-electron chi connectivity index (χ0n) is 26.2. The molecular formula is C36H39Cl2N3O4S. The topological polar surface area (TPSA) is 86.8 Å². The molecule has 242 valence electrons. The van der Waals surface area contributed by atoms with Crippen molar-refractivity contribution >= 4 is 50.7 Å². The highest BCUT2D eigenvalue weighted by Gasteiger charge is 2.35. The lowest BCUT2D eigenvalue weighted by Crippen LogP contribution is -2.53. The molecule has 0 bridgehead atoms. The number of amides is 2. The van der Waals surface area contributed by atoms with Crippen LogP contribution in [0.15, 0.2) is 102 Å². The van der Waals surface area contributed by atoms with Crippen LogP contribution in [0.1, 0.15) is 42.0 Å². The van der Waals surface area contributed by atoms with E-state index in [1.807, 2.05) is 75.4 Å². The molecule has 0 aliphatic heterocycles. The first-order chi connectivity index (χ1) is 22.0. The summed E-state index contributed by atoms with van der Waals surface area (Å²) in [6.45, 7) is 5.76. The number of carbonyl (C=O) groups is 2. The van der Waals surface area contributed by atoms with Crippen molar-refractivity contribution < 1.29 is 18.0 Å². The maximum atomic E-state index is 14.6. The number of halogens is 2. The van der Waals surface area contributed by atoms with Gasteiger partial charge in [0.25, 0.3) is 10.0 Å². The molecule has 0 aromatic heterocycles. The van der Waals surface area contributed by atoms with Crippen LogP contribution in [0, 0.1) is 13.8 Å². The largest absolute Gasteiger partial charge is 0.354 e. The van der Waals surface area contributed by atoms with Crippen LogP contribution in [0.5, 0.6) is 0 Å². The van der Waals surface area contributed by atoms with Crippen molar-refractivity contribution in [2.24, 2.45) is 0 Å². The van der Waals surface area contributed by atoms with Gasteiger partial charge in [0.2, 0.25) is 11.8 Å². The van der Waals surface area contributed by atoms with Gasteiger partial charge in [0.1, 0.15) is 12.6 Å². The summed E-state index contributed by atoms with van der Waals surface area (Å²) in [5.74, 6) is -0.883. The third-order valence-corrected chi connectivity index (χ3v) is 10.2. The van der Waals surface area contributed by atoms with E-state index >= 15 is 0 Å². The molecule has 2 amide bonds. The van der Waals surface area contributed by atoms with Crippen LogP contribution in [-0.2, 0) is 32.6 Å². The maximum absolute atomic E-state index is 14.6. The average molecular weight is 681 g/mol. The highest BCUT2D eigenvalue weighted by atomic mass is 35.5. The van der Waals surface area contributed by atoms with E-state index in [1.54, 1.807) is 24.3 Å². The fraction of sp³-hybridized carbons (Fsp3) is 0.278. The van der Waals surface area contributed by atoms with E-state index in [-0.39, 0.29) is 39.5 Å². The summed E-state index contributed by atoms with van der Waals surface area (Å²) in [6.07, 6.45) is 1.91. The standard InChI is InChI=1S/C36H39Cl2N3O4S/c1-4-5-21-39-36(43)33(23-28-12-7-6-8-13-28)40(24-29-14-9-11-27(3)22-29)34(42)25-41(32-16-10-15-31(37)35(32)38)46(44,45)30-19-17-26(2)18-20-30/h6-20,22,33H,4-5,21,23-25H2,1-3H3,(H,39,43)/t33-/m1/s1. The first kappa shape index (κ1) is 35.0. The minimum absolute atomic E-state index is 0.00367. The molecule has 0 aliphatic rings. The molecule has 0 saturated heterocycles. The predicted molar refractivity (Wildman–Crippen MR) is 186 cm³/mol. The summed E-state index contributed by atoms with van der Waals surface area (Å²) >= 11 is 12.9. The van der Waals surface area contributed by atoms with Crippen LogP contribution in [0.4, 0.5) is 5.69 Å². The van der Waals surface area contributed by atoms with Gasteiger partial charge in [0.05, 0.1) is 20.6 Å². The lowest BCUT2D eigenvalue weighted by atomic mass is 10.0. The van der Waals surface area contributed by atoms with Crippen LogP contribution < -0.4 is 9.62 Å². The van der Waals surface area contributed by atoms with Crippen molar-refractivity contribution in [3.8, 4) is 0 Å². The molecule has 10 heteroatoms. The van der Waals surface area contributed by atoms with Gasteiger partial charge in [-0.25, -0.2) is 8.42 Å². The quantitative estimate of drug-likeness (QED) is 0.141. The second kappa shape index (κ2) is 16.1. The predicted octanol–water partition coefficient (Wildman–Crippen LogP) is 7.36. The van der Waals surface area contributed by atoms with Crippen LogP contribution in [0.2, 0.25) is 10.0 Å². The van der Waals surface area contributed by atoms with Crippen LogP contribution in [0.3, 0.4) is 0 Å². The SMILES string of the molecule is CCCCNC(=O)[C@@H](Cc1ccccc1)N(Cc1cccc(C)c1)C(=O)CN(c1cccc(Cl)c1Cl)S(=O)(=O)c1ccc(C)cc1. The molecule has 1 N–H and O–H groups in total. The lowest BCUT2D eigenvalue weighted by Gasteiger charge is -2.34. The highest BCUT2D eigenvalue weighted by molar-refractivity contribution is 7.92. The van der Waals surface area contributed by atoms with E-state index in [4.69, 9.17) is 23.2 Å². The molecule has 0 radical (unpaired) electrons. The molecule has 0 fully saturated rings. The number of nitrogens with one attached hydrogen (secondary N) is 1. The summed E-state index contributed by atoms with van der Waals surface area (Å²) in [7, 11) is -4.30. The number of hydrogen-bond acceptors (Lipinski definition) is 4. The van der Waals surface area contributed by atoms with Crippen LogP contribution in [0.25, 0.3) is 0 Å². The Morgan fingerprint density at radius 1 is 0.826 bits per heavy atom. The number of carbonyl (C=O) groups excluding carboxylic acids is 2. The van der Waals surface area contributed by atoms with Gasteiger partial charge in [-0.1, -0.05) is 120 Å². The average Bonchev–Trinajstić information content (AvgIpc) is 3.03. The minimum atomic E-state index is -4.30. The van der Waals surface area contributed by atoms with Crippen LogP contribution in [-0.4, -0.2) is 44.3 Å². The smallest absolute Gasteiger partial charge is 0.264 e. The number of hydrogen-bond donors (Lipinski definition) is 1. The monoisotopic (exact) mass is 679 g/mol. The zero-order chi connectivity index (χ0) is 33.3. The van der Waals surface area contributed by atoms with Crippen LogP contribution >= 0.6 is 23.2 Å². The van der Waals surface area contributed by atoms with E-state index in [1.165, 1.54) is 23.1 Å². The van der Waals surface area contributed by atoms with E-state index in [2.05, 4.69) is 5.32 Å². The normalized spacial score (nSPS) is 11.9. The summed E-state index contributed by atoms with van der Waals surface area (Å²) in [5, 5.41) is 3.14.